The maximum atomic E-state index is 12.1. The predicted octanol–water partition coefficient (Wildman–Crippen LogP) is 3.96. The van der Waals surface area contributed by atoms with Crippen molar-refractivity contribution in [1.29, 1.82) is 0 Å². The van der Waals surface area contributed by atoms with Gasteiger partial charge in [0.2, 0.25) is 0 Å². The van der Waals surface area contributed by atoms with Crippen molar-refractivity contribution >= 4 is 11.5 Å². The first-order valence-electron chi connectivity index (χ1n) is 5.43. The lowest BCUT2D eigenvalue weighted by molar-refractivity contribution is -0.113. The van der Waals surface area contributed by atoms with Crippen LogP contribution < -0.4 is 0 Å². The number of alkyl halides is 3. The van der Waals surface area contributed by atoms with E-state index in [2.05, 4.69) is 18.8 Å². The number of Topliss-reactive ketones (excluding diaryl/α,β-unsaturated/α-hetero) is 1. The average Bonchev–Trinajstić information content (AvgIpc) is 2.23. The molecule has 0 unspecified atom stereocenters. The average molecular weight is 251 g/mol. The van der Waals surface area contributed by atoms with E-state index < -0.39 is 17.7 Å². The summed E-state index contributed by atoms with van der Waals surface area (Å²) in [6.45, 7) is 6.88. The quantitative estimate of drug-likeness (QED) is 0.551. The molecular formula is C12H20F3NO. The highest BCUT2D eigenvalue weighted by atomic mass is 19.4. The second kappa shape index (κ2) is 8.96. The Morgan fingerprint density at radius 3 is 1.76 bits per heavy atom. The number of hydrogen-bond acceptors (Lipinski definition) is 2. The summed E-state index contributed by atoms with van der Waals surface area (Å²) in [4.78, 5) is 13.7. The van der Waals surface area contributed by atoms with Crippen LogP contribution in [0, 0.1) is 0 Å². The topological polar surface area (TPSA) is 29.4 Å². The van der Waals surface area contributed by atoms with Gasteiger partial charge in [0.15, 0.2) is 5.78 Å². The van der Waals surface area contributed by atoms with Gasteiger partial charge in [-0.15, -0.1) is 0 Å². The van der Waals surface area contributed by atoms with Crippen LogP contribution in [0.4, 0.5) is 13.2 Å². The summed E-state index contributed by atoms with van der Waals surface area (Å²) in [7, 11) is 1.03. The summed E-state index contributed by atoms with van der Waals surface area (Å²) in [5.74, 6) is -0.398. The minimum Gasteiger partial charge on any atom is -0.295 e. The number of nitrogens with zero attached hydrogens (tertiary/aromatic N) is 1. The van der Waals surface area contributed by atoms with Crippen molar-refractivity contribution in [2.24, 2.45) is 4.99 Å². The maximum Gasteiger partial charge on any atom is 0.432 e. The van der Waals surface area contributed by atoms with Gasteiger partial charge in [0.1, 0.15) is 5.71 Å². The zero-order chi connectivity index (χ0) is 14.1. The second-order valence-electron chi connectivity index (χ2n) is 3.49. The molecule has 0 saturated heterocycles. The molecule has 0 bridgehead atoms. The van der Waals surface area contributed by atoms with Gasteiger partial charge in [0.25, 0.3) is 0 Å². The van der Waals surface area contributed by atoms with Gasteiger partial charge in [-0.3, -0.25) is 9.79 Å². The van der Waals surface area contributed by atoms with E-state index >= 15 is 0 Å². The number of rotatable bonds is 3. The fraction of sp³-hybridized carbons (Fsp3) is 0.667. The van der Waals surface area contributed by atoms with Crippen molar-refractivity contribution < 1.29 is 18.0 Å². The van der Waals surface area contributed by atoms with Crippen LogP contribution in [0.3, 0.4) is 0 Å². The highest BCUT2D eigenvalue weighted by Crippen LogP contribution is 2.18. The van der Waals surface area contributed by atoms with Gasteiger partial charge < -0.3 is 0 Å². The molecule has 0 heterocycles. The fourth-order valence-corrected chi connectivity index (χ4v) is 0.580. The zero-order valence-electron chi connectivity index (χ0n) is 11.0. The molecule has 17 heavy (non-hydrogen) atoms. The SMILES string of the molecule is CCCC.CN=C(/C=C(\C)C(C)=O)C(F)(F)F. The second-order valence-corrected chi connectivity index (χ2v) is 3.49. The number of carbonyl (C=O) groups excluding carboxylic acids is 1. The summed E-state index contributed by atoms with van der Waals surface area (Å²) in [5.41, 5.74) is -1.00. The van der Waals surface area contributed by atoms with Gasteiger partial charge in [-0.2, -0.15) is 13.2 Å². The molecule has 0 amide bonds. The molecule has 2 nitrogen and oxygen atoms in total. The first-order valence-corrected chi connectivity index (χ1v) is 5.43. The predicted molar refractivity (Wildman–Crippen MR) is 64.4 cm³/mol. The van der Waals surface area contributed by atoms with Crippen LogP contribution in [-0.2, 0) is 4.79 Å². The molecule has 0 aromatic carbocycles. The Bertz CT molecular complexity index is 289. The molecule has 5 heteroatoms. The summed E-state index contributed by atoms with van der Waals surface area (Å²) >= 11 is 0. The lowest BCUT2D eigenvalue weighted by atomic mass is 10.1. The van der Waals surface area contributed by atoms with Gasteiger partial charge in [0.05, 0.1) is 0 Å². The Labute approximate surface area is 101 Å². The Kier molecular flexibility index (Phi) is 9.61. The highest BCUT2D eigenvalue weighted by molar-refractivity contribution is 6.06. The van der Waals surface area contributed by atoms with Gasteiger partial charge in [0, 0.05) is 7.05 Å². The van der Waals surface area contributed by atoms with Crippen molar-refractivity contribution in [2.45, 2.75) is 46.7 Å². The molecule has 0 aliphatic heterocycles. The Hall–Kier alpha value is -1.13. The van der Waals surface area contributed by atoms with Crippen LogP contribution in [-0.4, -0.2) is 24.7 Å². The largest absolute Gasteiger partial charge is 0.432 e. The summed E-state index contributed by atoms with van der Waals surface area (Å²) < 4.78 is 36.2. The number of aliphatic imine (C=N–C) groups is 1. The van der Waals surface area contributed by atoms with E-state index in [1.807, 2.05) is 0 Å². The highest BCUT2D eigenvalue weighted by Gasteiger charge is 2.33. The molecule has 0 rings (SSSR count). The third-order valence-electron chi connectivity index (χ3n) is 1.94. The number of unbranched alkanes of at least 4 members (excludes halogenated alkanes) is 1. The molecule has 0 aliphatic rings. The molecule has 0 aromatic heterocycles. The zero-order valence-corrected chi connectivity index (χ0v) is 11.0. The Morgan fingerprint density at radius 1 is 1.18 bits per heavy atom. The molecule has 0 aliphatic carbocycles. The van der Waals surface area contributed by atoms with Crippen molar-refractivity contribution in [3.63, 3.8) is 0 Å². The number of ketones is 1. The van der Waals surface area contributed by atoms with Crippen LogP contribution in [0.1, 0.15) is 40.5 Å². The fourth-order valence-electron chi connectivity index (χ4n) is 0.580. The number of carbonyl (C=O) groups is 1. The van der Waals surface area contributed by atoms with Crippen molar-refractivity contribution in [3.8, 4) is 0 Å². The third kappa shape index (κ3) is 9.78. The normalized spacial score (nSPS) is 12.9. The van der Waals surface area contributed by atoms with E-state index in [9.17, 15) is 18.0 Å². The van der Waals surface area contributed by atoms with Gasteiger partial charge in [-0.25, -0.2) is 0 Å². The van der Waals surface area contributed by atoms with Crippen molar-refractivity contribution in [2.75, 3.05) is 7.05 Å². The lowest BCUT2D eigenvalue weighted by Crippen LogP contribution is -2.21. The van der Waals surface area contributed by atoms with Crippen LogP contribution in [0.15, 0.2) is 16.6 Å². The van der Waals surface area contributed by atoms with Crippen LogP contribution in [0.5, 0.6) is 0 Å². The number of hydrogen-bond donors (Lipinski definition) is 0. The number of halogens is 3. The minimum atomic E-state index is -4.49. The first-order chi connectivity index (χ1) is 7.70. The molecule has 0 fully saturated rings. The van der Waals surface area contributed by atoms with Crippen LogP contribution in [0.2, 0.25) is 0 Å². The van der Waals surface area contributed by atoms with E-state index in [0.29, 0.717) is 0 Å². The summed E-state index contributed by atoms with van der Waals surface area (Å²) in [6, 6.07) is 0. The van der Waals surface area contributed by atoms with E-state index in [-0.39, 0.29) is 5.57 Å². The molecule has 0 spiro atoms. The first kappa shape index (κ1) is 18.2. The molecule has 0 saturated carbocycles. The Balaban J connectivity index is 0. The van der Waals surface area contributed by atoms with Crippen molar-refractivity contribution in [3.05, 3.63) is 11.6 Å². The minimum absolute atomic E-state index is 0.0397. The lowest BCUT2D eigenvalue weighted by Gasteiger charge is -2.05. The standard InChI is InChI=1S/C8H10F3NO.C4H10/c1-5(6(2)13)4-7(12-3)8(9,10)11;1-3-4-2/h4H,1-3H3;3-4H2,1-2H3/b5-4+,12-7?;. The van der Waals surface area contributed by atoms with Crippen LogP contribution >= 0.6 is 0 Å². The van der Waals surface area contributed by atoms with E-state index in [1.165, 1.54) is 26.7 Å². The maximum absolute atomic E-state index is 12.1. The van der Waals surface area contributed by atoms with Gasteiger partial charge in [-0.05, 0) is 25.5 Å². The van der Waals surface area contributed by atoms with E-state index in [4.69, 9.17) is 0 Å². The summed E-state index contributed by atoms with van der Waals surface area (Å²) in [6.07, 6.45) is -1.12. The van der Waals surface area contributed by atoms with E-state index in [1.54, 1.807) is 0 Å². The summed E-state index contributed by atoms with van der Waals surface area (Å²) in [5, 5.41) is 0. The molecule has 0 atom stereocenters. The molecule has 0 aromatic rings. The Morgan fingerprint density at radius 2 is 1.59 bits per heavy atom. The molecule has 0 radical (unpaired) electrons. The van der Waals surface area contributed by atoms with Crippen molar-refractivity contribution in [1.82, 2.24) is 0 Å². The van der Waals surface area contributed by atoms with Crippen LogP contribution in [0.25, 0.3) is 0 Å². The van der Waals surface area contributed by atoms with Gasteiger partial charge in [-0.1, -0.05) is 26.7 Å². The molecule has 0 N–H and O–H groups in total. The molecule has 100 valence electrons. The number of allylic oxidation sites excluding steroid dienone is 2. The van der Waals surface area contributed by atoms with E-state index in [0.717, 1.165) is 13.1 Å². The van der Waals surface area contributed by atoms with Gasteiger partial charge >= 0.3 is 6.18 Å². The third-order valence-corrected chi connectivity index (χ3v) is 1.94. The molecular weight excluding hydrogens is 231 g/mol. The monoisotopic (exact) mass is 251 g/mol. The smallest absolute Gasteiger partial charge is 0.295 e.